The number of fused-ring (bicyclic) bond motifs is 1. The van der Waals surface area contributed by atoms with Crippen LogP contribution in [0.25, 0.3) is 22.0 Å². The van der Waals surface area contributed by atoms with Crippen molar-refractivity contribution in [2.75, 3.05) is 39.8 Å². The third-order valence-corrected chi connectivity index (χ3v) is 5.06. The maximum Gasteiger partial charge on any atom is 0.212 e. The van der Waals surface area contributed by atoms with Gasteiger partial charge in [-0.15, -0.1) is 0 Å². The van der Waals surface area contributed by atoms with Crippen molar-refractivity contribution in [3.8, 4) is 11.3 Å². The first kappa shape index (κ1) is 18.6. The number of aromatic nitrogens is 3. The molecule has 28 heavy (non-hydrogen) atoms. The molecule has 4 rings (SSSR count). The molecule has 0 N–H and O–H groups in total. The van der Waals surface area contributed by atoms with Crippen LogP contribution in [0.4, 0.5) is 4.39 Å². The van der Waals surface area contributed by atoms with E-state index in [0.29, 0.717) is 18.7 Å². The molecule has 1 aliphatic rings. The van der Waals surface area contributed by atoms with Gasteiger partial charge in [0.25, 0.3) is 0 Å². The van der Waals surface area contributed by atoms with Crippen molar-refractivity contribution in [3.05, 3.63) is 54.5 Å². The van der Waals surface area contributed by atoms with Crippen LogP contribution in [0.1, 0.15) is 5.69 Å². The maximum atomic E-state index is 13.0. The van der Waals surface area contributed by atoms with E-state index in [2.05, 4.69) is 31.8 Å². The molecule has 0 unspecified atom stereocenters. The predicted octanol–water partition coefficient (Wildman–Crippen LogP) is 2.19. The van der Waals surface area contributed by atoms with Gasteiger partial charge in [-0.2, -0.15) is 4.39 Å². The number of piperazine rings is 1. The summed E-state index contributed by atoms with van der Waals surface area (Å²) in [7, 11) is 2.10. The first-order valence-corrected chi connectivity index (χ1v) is 9.36. The lowest BCUT2D eigenvalue weighted by Gasteiger charge is -2.31. The van der Waals surface area contributed by atoms with Crippen molar-refractivity contribution in [1.82, 2.24) is 24.8 Å². The molecular formula is C21H22FN5O. The number of ketones is 1. The second kappa shape index (κ2) is 8.08. The van der Waals surface area contributed by atoms with Gasteiger partial charge in [-0.25, -0.2) is 4.98 Å². The summed E-state index contributed by atoms with van der Waals surface area (Å²) in [6.45, 7) is 4.31. The summed E-state index contributed by atoms with van der Waals surface area (Å²) in [4.78, 5) is 29.4. The highest BCUT2D eigenvalue weighted by molar-refractivity contribution is 5.87. The standard InChI is InChI=1S/C21H22FN5O/c1-26-4-6-27(7-5-26)14-19(28)10-18-8-16-9-20(24-13-17(16)12-23-18)15-2-3-21(22)25-11-15/h2-3,8-9,11-13H,4-7,10,14H2,1H3. The Morgan fingerprint density at radius 1 is 1.00 bits per heavy atom. The summed E-state index contributed by atoms with van der Waals surface area (Å²) in [5.41, 5.74) is 2.20. The summed E-state index contributed by atoms with van der Waals surface area (Å²) >= 11 is 0. The van der Waals surface area contributed by atoms with E-state index in [1.165, 1.54) is 12.3 Å². The van der Waals surface area contributed by atoms with Crippen LogP contribution in [-0.4, -0.2) is 70.3 Å². The number of Topliss-reactive ketones (excluding diaryl/α,β-unsaturated/α-hetero) is 1. The third kappa shape index (κ3) is 4.37. The Kier molecular flexibility index (Phi) is 5.36. The monoisotopic (exact) mass is 379 g/mol. The zero-order valence-electron chi connectivity index (χ0n) is 15.8. The molecule has 6 nitrogen and oxygen atoms in total. The minimum absolute atomic E-state index is 0.174. The van der Waals surface area contributed by atoms with Crippen LogP contribution in [-0.2, 0) is 11.2 Å². The SMILES string of the molecule is CN1CCN(CC(=O)Cc2cc3cc(-c4ccc(F)nc4)ncc3cn2)CC1. The molecule has 0 atom stereocenters. The lowest BCUT2D eigenvalue weighted by molar-refractivity contribution is -0.120. The Bertz CT molecular complexity index is 984. The van der Waals surface area contributed by atoms with Crippen LogP contribution in [0, 0.1) is 5.95 Å². The van der Waals surface area contributed by atoms with Gasteiger partial charge >= 0.3 is 0 Å². The Morgan fingerprint density at radius 2 is 1.79 bits per heavy atom. The number of pyridine rings is 3. The van der Waals surface area contributed by atoms with E-state index < -0.39 is 5.95 Å². The fourth-order valence-corrected chi connectivity index (χ4v) is 3.38. The van der Waals surface area contributed by atoms with Crippen molar-refractivity contribution in [3.63, 3.8) is 0 Å². The fraction of sp³-hybridized carbons (Fsp3) is 0.333. The Labute approximate surface area is 163 Å². The highest BCUT2D eigenvalue weighted by atomic mass is 19.1. The number of carbonyl (C=O) groups is 1. The number of likely N-dealkylation sites (N-methyl/N-ethyl adjacent to an activating group) is 1. The first-order chi connectivity index (χ1) is 13.6. The Balaban J connectivity index is 1.48. The lowest BCUT2D eigenvalue weighted by atomic mass is 10.1. The normalized spacial score (nSPS) is 15.8. The molecule has 1 saturated heterocycles. The number of rotatable bonds is 5. The van der Waals surface area contributed by atoms with Crippen LogP contribution in [0.5, 0.6) is 0 Å². The van der Waals surface area contributed by atoms with Crippen LogP contribution < -0.4 is 0 Å². The molecular weight excluding hydrogens is 357 g/mol. The smallest absolute Gasteiger partial charge is 0.212 e. The van der Waals surface area contributed by atoms with Gasteiger partial charge in [0.05, 0.1) is 18.7 Å². The molecule has 7 heteroatoms. The predicted molar refractivity (Wildman–Crippen MR) is 105 cm³/mol. The quantitative estimate of drug-likeness (QED) is 0.634. The average Bonchev–Trinajstić information content (AvgIpc) is 2.70. The van der Waals surface area contributed by atoms with Crippen molar-refractivity contribution < 1.29 is 9.18 Å². The zero-order chi connectivity index (χ0) is 19.5. The van der Waals surface area contributed by atoms with Gasteiger partial charge in [0.1, 0.15) is 0 Å². The highest BCUT2D eigenvalue weighted by Gasteiger charge is 2.17. The van der Waals surface area contributed by atoms with E-state index in [9.17, 15) is 9.18 Å². The van der Waals surface area contributed by atoms with E-state index in [1.807, 2.05) is 12.1 Å². The van der Waals surface area contributed by atoms with E-state index in [4.69, 9.17) is 0 Å². The molecule has 1 fully saturated rings. The van der Waals surface area contributed by atoms with E-state index in [0.717, 1.165) is 48.2 Å². The van der Waals surface area contributed by atoms with Crippen molar-refractivity contribution in [1.29, 1.82) is 0 Å². The summed E-state index contributed by atoms with van der Waals surface area (Å²) < 4.78 is 13.0. The van der Waals surface area contributed by atoms with E-state index >= 15 is 0 Å². The van der Waals surface area contributed by atoms with Crippen molar-refractivity contribution >= 4 is 16.6 Å². The fourth-order valence-electron chi connectivity index (χ4n) is 3.38. The van der Waals surface area contributed by atoms with Gasteiger partial charge in [0.2, 0.25) is 5.95 Å². The van der Waals surface area contributed by atoms with Crippen molar-refractivity contribution in [2.24, 2.45) is 0 Å². The molecule has 0 radical (unpaired) electrons. The first-order valence-electron chi connectivity index (χ1n) is 9.36. The number of carbonyl (C=O) groups excluding carboxylic acids is 1. The summed E-state index contributed by atoms with van der Waals surface area (Å²) in [6.07, 6.45) is 5.26. The summed E-state index contributed by atoms with van der Waals surface area (Å²) in [5.74, 6) is -0.344. The molecule has 0 aliphatic carbocycles. The van der Waals surface area contributed by atoms with Gasteiger partial charge in [0, 0.05) is 61.4 Å². The zero-order valence-corrected chi connectivity index (χ0v) is 15.8. The second-order valence-electron chi connectivity index (χ2n) is 7.26. The molecule has 144 valence electrons. The molecule has 0 amide bonds. The molecule has 3 aromatic heterocycles. The molecule has 0 saturated carbocycles. The molecule has 0 spiro atoms. The molecule has 4 heterocycles. The number of nitrogens with zero attached hydrogens (tertiary/aromatic N) is 5. The van der Waals surface area contributed by atoms with E-state index in [-0.39, 0.29) is 5.78 Å². The molecule has 1 aliphatic heterocycles. The Hall–Kier alpha value is -2.77. The van der Waals surface area contributed by atoms with Crippen LogP contribution in [0.3, 0.4) is 0 Å². The van der Waals surface area contributed by atoms with Gasteiger partial charge in [-0.05, 0) is 36.7 Å². The number of hydrogen-bond donors (Lipinski definition) is 0. The van der Waals surface area contributed by atoms with Crippen molar-refractivity contribution in [2.45, 2.75) is 6.42 Å². The molecule has 3 aromatic rings. The summed E-state index contributed by atoms with van der Waals surface area (Å²) in [6, 6.07) is 6.81. The lowest BCUT2D eigenvalue weighted by Crippen LogP contribution is -2.46. The second-order valence-corrected chi connectivity index (χ2v) is 7.26. The third-order valence-electron chi connectivity index (χ3n) is 5.06. The largest absolute Gasteiger partial charge is 0.304 e. The topological polar surface area (TPSA) is 62.2 Å². The number of hydrogen-bond acceptors (Lipinski definition) is 6. The minimum atomic E-state index is -0.519. The highest BCUT2D eigenvalue weighted by Crippen LogP contribution is 2.22. The molecule has 0 bridgehead atoms. The van der Waals surface area contributed by atoms with E-state index in [1.54, 1.807) is 18.5 Å². The average molecular weight is 379 g/mol. The number of halogens is 1. The van der Waals surface area contributed by atoms with Crippen LogP contribution in [0.2, 0.25) is 0 Å². The van der Waals surface area contributed by atoms with Gasteiger partial charge in [-0.3, -0.25) is 19.7 Å². The van der Waals surface area contributed by atoms with Gasteiger partial charge < -0.3 is 4.90 Å². The molecule has 0 aromatic carbocycles. The van der Waals surface area contributed by atoms with Crippen LogP contribution in [0.15, 0.2) is 42.9 Å². The van der Waals surface area contributed by atoms with Gasteiger partial charge in [0.15, 0.2) is 5.78 Å². The Morgan fingerprint density at radius 3 is 2.54 bits per heavy atom. The minimum Gasteiger partial charge on any atom is -0.304 e. The van der Waals surface area contributed by atoms with Gasteiger partial charge in [-0.1, -0.05) is 0 Å². The maximum absolute atomic E-state index is 13.0. The van der Waals surface area contributed by atoms with Crippen LogP contribution >= 0.6 is 0 Å². The summed E-state index contributed by atoms with van der Waals surface area (Å²) in [5, 5.41) is 1.85.